The van der Waals surface area contributed by atoms with Crippen molar-refractivity contribution in [2.75, 3.05) is 5.75 Å². The van der Waals surface area contributed by atoms with E-state index in [0.29, 0.717) is 5.06 Å². The van der Waals surface area contributed by atoms with Crippen LogP contribution in [0, 0.1) is 0 Å². The van der Waals surface area contributed by atoms with Crippen LogP contribution in [0.3, 0.4) is 0 Å². The molecule has 7 heteroatoms. The lowest BCUT2D eigenvalue weighted by Gasteiger charge is -2.14. The minimum absolute atomic E-state index is 0.0717. The molecule has 0 spiro atoms. The molecule has 78 valence electrons. The molecule has 6 nitrogen and oxygen atoms in total. The van der Waals surface area contributed by atoms with Crippen LogP contribution in [-0.2, 0) is 19.2 Å². The summed E-state index contributed by atoms with van der Waals surface area (Å²) in [7, 11) is 0. The van der Waals surface area contributed by atoms with Gasteiger partial charge in [-0.15, -0.1) is 5.06 Å². The van der Waals surface area contributed by atoms with Gasteiger partial charge >= 0.3 is 5.97 Å². The minimum Gasteiger partial charge on any atom is -0.329 e. The summed E-state index contributed by atoms with van der Waals surface area (Å²) in [6.45, 7) is 0. The number of nitrogens with two attached hydrogens (primary N) is 1. The van der Waals surface area contributed by atoms with Crippen LogP contribution in [0.25, 0.3) is 0 Å². The van der Waals surface area contributed by atoms with Crippen LogP contribution < -0.4 is 5.73 Å². The van der Waals surface area contributed by atoms with E-state index in [4.69, 9.17) is 5.73 Å². The number of carbonyl (C=O) groups is 3. The lowest BCUT2D eigenvalue weighted by atomic mass is 10.4. The van der Waals surface area contributed by atoms with Crippen LogP contribution in [0.5, 0.6) is 0 Å². The third kappa shape index (κ3) is 2.24. The SMILES string of the molecule is N[C@@H](CS)C(=O)ON1C(=O)CCC1=O. The Kier molecular flexibility index (Phi) is 3.48. The van der Waals surface area contributed by atoms with Crippen molar-refractivity contribution in [1.82, 2.24) is 5.06 Å². The quantitative estimate of drug-likeness (QED) is 0.461. The van der Waals surface area contributed by atoms with Crippen molar-refractivity contribution < 1.29 is 19.2 Å². The summed E-state index contributed by atoms with van der Waals surface area (Å²) in [5, 5.41) is 0.464. The summed E-state index contributed by atoms with van der Waals surface area (Å²) in [4.78, 5) is 37.6. The maximum atomic E-state index is 11.1. The average Bonchev–Trinajstić information content (AvgIpc) is 2.48. The Balaban J connectivity index is 2.55. The van der Waals surface area contributed by atoms with Gasteiger partial charge in [0.25, 0.3) is 11.8 Å². The Morgan fingerprint density at radius 2 is 2.00 bits per heavy atom. The first kappa shape index (κ1) is 11.0. The number of hydrogen-bond donors (Lipinski definition) is 2. The molecular weight excluding hydrogens is 208 g/mol. The molecule has 2 N–H and O–H groups in total. The molecule has 2 amide bonds. The fourth-order valence-electron chi connectivity index (χ4n) is 0.890. The van der Waals surface area contributed by atoms with Crippen LogP contribution in [0.2, 0.25) is 0 Å². The maximum absolute atomic E-state index is 11.1. The Hall–Kier alpha value is -1.08. The van der Waals surface area contributed by atoms with E-state index in [9.17, 15) is 14.4 Å². The molecule has 0 bridgehead atoms. The van der Waals surface area contributed by atoms with Crippen LogP contribution in [0.4, 0.5) is 0 Å². The lowest BCUT2D eigenvalue weighted by Crippen LogP contribution is -2.41. The fraction of sp³-hybridized carbons (Fsp3) is 0.571. The van der Waals surface area contributed by atoms with E-state index in [2.05, 4.69) is 17.5 Å². The summed E-state index contributed by atoms with van der Waals surface area (Å²) in [6, 6.07) is -0.931. The number of carbonyl (C=O) groups excluding carboxylic acids is 3. The molecule has 1 heterocycles. The number of imide groups is 1. The standard InChI is InChI=1S/C7H10N2O4S/c8-4(3-14)7(12)13-9-5(10)1-2-6(9)11/h4,14H,1-3,8H2/t4-/m0/s1. The predicted octanol–water partition coefficient (Wildman–Crippen LogP) is -1.15. The molecule has 0 radical (unpaired) electrons. The Morgan fingerprint density at radius 1 is 1.50 bits per heavy atom. The van der Waals surface area contributed by atoms with Gasteiger partial charge in [0, 0.05) is 18.6 Å². The lowest BCUT2D eigenvalue weighted by molar-refractivity contribution is -0.198. The van der Waals surface area contributed by atoms with Crippen molar-refractivity contribution in [3.05, 3.63) is 0 Å². The summed E-state index contributed by atoms with van der Waals surface area (Å²) in [5.41, 5.74) is 5.29. The topological polar surface area (TPSA) is 89.7 Å². The van der Waals surface area contributed by atoms with Crippen LogP contribution in [-0.4, -0.2) is 34.6 Å². The molecule has 0 aliphatic carbocycles. The summed E-state index contributed by atoms with van der Waals surface area (Å²) in [6.07, 6.45) is 0.143. The van der Waals surface area contributed by atoms with E-state index in [1.165, 1.54) is 0 Å². The summed E-state index contributed by atoms with van der Waals surface area (Å²) >= 11 is 3.78. The summed E-state index contributed by atoms with van der Waals surface area (Å²) < 4.78 is 0. The van der Waals surface area contributed by atoms with Crippen LogP contribution in [0.15, 0.2) is 0 Å². The highest BCUT2D eigenvalue weighted by Crippen LogP contribution is 2.12. The number of thiol groups is 1. The van der Waals surface area contributed by atoms with Crippen LogP contribution in [0.1, 0.15) is 12.8 Å². The van der Waals surface area contributed by atoms with Gasteiger partial charge in [-0.05, 0) is 0 Å². The van der Waals surface area contributed by atoms with Gasteiger partial charge in [-0.2, -0.15) is 12.6 Å². The maximum Gasteiger partial charge on any atom is 0.350 e. The van der Waals surface area contributed by atoms with Crippen molar-refractivity contribution in [3.63, 3.8) is 0 Å². The van der Waals surface area contributed by atoms with Gasteiger partial charge < -0.3 is 10.6 Å². The van der Waals surface area contributed by atoms with Gasteiger partial charge in [0.15, 0.2) is 0 Å². The van der Waals surface area contributed by atoms with Gasteiger partial charge in [-0.25, -0.2) is 4.79 Å². The molecule has 1 fully saturated rings. The molecule has 1 aliphatic heterocycles. The number of amides is 2. The monoisotopic (exact) mass is 218 g/mol. The normalized spacial score (nSPS) is 18.6. The van der Waals surface area contributed by atoms with Crippen molar-refractivity contribution in [2.45, 2.75) is 18.9 Å². The van der Waals surface area contributed by atoms with E-state index >= 15 is 0 Å². The van der Waals surface area contributed by atoms with Gasteiger partial charge in [0.1, 0.15) is 6.04 Å². The summed E-state index contributed by atoms with van der Waals surface area (Å²) in [5.74, 6) is -1.78. The number of hydrogen-bond acceptors (Lipinski definition) is 6. The van der Waals surface area contributed by atoms with E-state index in [-0.39, 0.29) is 18.6 Å². The molecular formula is C7H10N2O4S. The van der Waals surface area contributed by atoms with E-state index in [0.717, 1.165) is 0 Å². The third-order valence-electron chi connectivity index (χ3n) is 1.69. The first-order chi connectivity index (χ1) is 6.56. The first-order valence-corrected chi connectivity index (χ1v) is 4.63. The van der Waals surface area contributed by atoms with E-state index in [1.807, 2.05) is 0 Å². The second-order valence-corrected chi connectivity index (χ2v) is 3.15. The highest BCUT2D eigenvalue weighted by Gasteiger charge is 2.33. The highest BCUT2D eigenvalue weighted by molar-refractivity contribution is 7.80. The Bertz CT molecular complexity index is 265. The second-order valence-electron chi connectivity index (χ2n) is 2.78. The zero-order valence-electron chi connectivity index (χ0n) is 7.30. The zero-order valence-corrected chi connectivity index (χ0v) is 8.20. The van der Waals surface area contributed by atoms with Gasteiger partial charge in [0.2, 0.25) is 0 Å². The number of rotatable bonds is 3. The molecule has 0 unspecified atom stereocenters. The molecule has 0 aromatic rings. The fourth-order valence-corrected chi connectivity index (χ4v) is 1.04. The van der Waals surface area contributed by atoms with Crippen molar-refractivity contribution >= 4 is 30.4 Å². The van der Waals surface area contributed by atoms with Gasteiger partial charge in [0.05, 0.1) is 0 Å². The van der Waals surface area contributed by atoms with Gasteiger partial charge in [-0.1, -0.05) is 0 Å². The number of hydroxylamine groups is 2. The minimum atomic E-state index is -0.931. The first-order valence-electron chi connectivity index (χ1n) is 4.00. The van der Waals surface area contributed by atoms with Crippen molar-refractivity contribution in [1.29, 1.82) is 0 Å². The van der Waals surface area contributed by atoms with Crippen LogP contribution >= 0.6 is 12.6 Å². The number of nitrogens with zero attached hydrogens (tertiary/aromatic N) is 1. The molecule has 1 atom stereocenters. The largest absolute Gasteiger partial charge is 0.350 e. The van der Waals surface area contributed by atoms with E-state index < -0.39 is 23.8 Å². The smallest absolute Gasteiger partial charge is 0.329 e. The van der Waals surface area contributed by atoms with Gasteiger partial charge in [-0.3, -0.25) is 9.59 Å². The Morgan fingerprint density at radius 3 is 2.43 bits per heavy atom. The molecule has 0 aromatic heterocycles. The molecule has 1 aliphatic rings. The third-order valence-corrected chi connectivity index (χ3v) is 2.08. The molecule has 14 heavy (non-hydrogen) atoms. The second kappa shape index (κ2) is 4.43. The van der Waals surface area contributed by atoms with E-state index in [1.54, 1.807) is 0 Å². The molecule has 1 saturated heterocycles. The molecule has 0 saturated carbocycles. The average molecular weight is 218 g/mol. The van der Waals surface area contributed by atoms with Crippen molar-refractivity contribution in [2.24, 2.45) is 5.73 Å². The molecule has 0 aromatic carbocycles. The molecule has 1 rings (SSSR count). The van der Waals surface area contributed by atoms with Crippen molar-refractivity contribution in [3.8, 4) is 0 Å². The highest BCUT2D eigenvalue weighted by atomic mass is 32.1. The predicted molar refractivity (Wildman–Crippen MR) is 49.0 cm³/mol. The Labute approximate surface area is 85.7 Å². The zero-order chi connectivity index (χ0) is 10.7.